The number of hydrogen-bond acceptors (Lipinski definition) is 2. The van der Waals surface area contributed by atoms with E-state index in [2.05, 4.69) is 5.32 Å². The zero-order chi connectivity index (χ0) is 8.86. The summed E-state index contributed by atoms with van der Waals surface area (Å²) in [5.41, 5.74) is 0. The van der Waals surface area contributed by atoms with E-state index in [0.29, 0.717) is 5.22 Å². The molecule has 0 saturated carbocycles. The molecule has 0 amide bonds. The molecule has 0 aromatic rings. The van der Waals surface area contributed by atoms with Crippen LogP contribution in [0, 0.1) is 0 Å². The summed E-state index contributed by atoms with van der Waals surface area (Å²) in [4.78, 5) is 0. The number of ether oxygens (including phenoxy) is 1. The average molecular weight is 187 g/mol. The summed E-state index contributed by atoms with van der Waals surface area (Å²) in [7, 11) is 3.21. The van der Waals surface area contributed by atoms with Gasteiger partial charge in [-0.2, -0.15) is 0 Å². The molecule has 0 bridgehead atoms. The topological polar surface area (TPSA) is 21.3 Å². The Morgan fingerprint density at radius 3 is 2.92 bits per heavy atom. The van der Waals surface area contributed by atoms with E-state index >= 15 is 0 Å². The van der Waals surface area contributed by atoms with E-state index in [0.717, 1.165) is 13.2 Å². The first-order valence-electron chi connectivity index (χ1n) is 5.05. The summed E-state index contributed by atoms with van der Waals surface area (Å²) in [5.74, 6) is 0. The summed E-state index contributed by atoms with van der Waals surface area (Å²) in [5, 5.41) is 3.51. The highest BCUT2D eigenvalue weighted by atomic mass is 28.1. The molecule has 1 atom stereocenters. The predicted molar refractivity (Wildman–Crippen MR) is 55.6 cm³/mol. The van der Waals surface area contributed by atoms with Gasteiger partial charge in [-0.1, -0.05) is 0 Å². The van der Waals surface area contributed by atoms with Gasteiger partial charge in [-0.15, -0.1) is 0 Å². The molecule has 2 nitrogen and oxygen atoms in total. The molecule has 0 aromatic carbocycles. The maximum atomic E-state index is 5.85. The van der Waals surface area contributed by atoms with Gasteiger partial charge in [-0.3, -0.25) is 0 Å². The molecule has 1 N–H and O–H groups in total. The third-order valence-corrected chi connectivity index (χ3v) is 3.97. The van der Waals surface area contributed by atoms with E-state index in [-0.39, 0.29) is 0 Å². The Morgan fingerprint density at radius 2 is 2.33 bits per heavy atom. The van der Waals surface area contributed by atoms with Gasteiger partial charge in [0.25, 0.3) is 0 Å². The molecule has 12 heavy (non-hydrogen) atoms. The first kappa shape index (κ1) is 10.2. The first-order chi connectivity index (χ1) is 5.77. The van der Waals surface area contributed by atoms with E-state index < -0.39 is 0 Å². The summed E-state index contributed by atoms with van der Waals surface area (Å²) in [6.07, 6.45) is 6.49. The van der Waals surface area contributed by atoms with Crippen molar-refractivity contribution in [3.05, 3.63) is 0 Å². The van der Waals surface area contributed by atoms with Crippen LogP contribution in [0.2, 0.25) is 0 Å². The van der Waals surface area contributed by atoms with Crippen molar-refractivity contribution in [1.82, 2.24) is 5.32 Å². The van der Waals surface area contributed by atoms with Crippen molar-refractivity contribution < 1.29 is 4.74 Å². The molecule has 0 spiro atoms. The lowest BCUT2D eigenvalue weighted by molar-refractivity contribution is -0.0235. The monoisotopic (exact) mass is 187 g/mol. The lowest BCUT2D eigenvalue weighted by atomic mass is 10.0. The zero-order valence-corrected chi connectivity index (χ0v) is 10.4. The molecule has 1 unspecified atom stereocenters. The fraction of sp³-hybridized carbons (Fsp3) is 1.00. The summed E-state index contributed by atoms with van der Waals surface area (Å²) in [6, 6.07) is 0. The Kier molecular flexibility index (Phi) is 4.25. The van der Waals surface area contributed by atoms with Gasteiger partial charge >= 0.3 is 0 Å². The predicted octanol–water partition coefficient (Wildman–Crippen LogP) is 0.248. The maximum Gasteiger partial charge on any atom is 0.0486 e. The van der Waals surface area contributed by atoms with E-state index in [1.54, 1.807) is 0 Å². The Morgan fingerprint density at radius 1 is 1.50 bits per heavy atom. The fourth-order valence-electron chi connectivity index (χ4n) is 1.83. The van der Waals surface area contributed by atoms with Gasteiger partial charge in [-0.05, 0) is 45.7 Å². The largest absolute Gasteiger partial charge is 0.380 e. The molecule has 0 aliphatic carbocycles. The van der Waals surface area contributed by atoms with Gasteiger partial charge in [0.1, 0.15) is 0 Å². The molecule has 1 aliphatic rings. The van der Waals surface area contributed by atoms with Gasteiger partial charge < -0.3 is 10.1 Å². The number of nitrogens with one attached hydrogen (secondary N) is 1. The van der Waals surface area contributed by atoms with Crippen molar-refractivity contribution in [2.75, 3.05) is 20.2 Å². The molecule has 1 heterocycles. The number of hydrogen-bond donors (Lipinski definition) is 1. The lowest BCUT2D eigenvalue weighted by Gasteiger charge is -2.34. The molecule has 3 heteroatoms. The van der Waals surface area contributed by atoms with Crippen LogP contribution in [0.1, 0.15) is 32.1 Å². The highest BCUT2D eigenvalue weighted by molar-refractivity contribution is 6.14. The second-order valence-corrected chi connectivity index (χ2v) is 5.79. The van der Waals surface area contributed by atoms with Crippen molar-refractivity contribution in [2.24, 2.45) is 0 Å². The van der Waals surface area contributed by atoms with Crippen molar-refractivity contribution in [2.45, 2.75) is 37.3 Å². The SMILES string of the molecule is CNCCCC1([SiH3])CCCCO1. The molecule has 0 aromatic heterocycles. The quantitative estimate of drug-likeness (QED) is 0.503. The smallest absolute Gasteiger partial charge is 0.0486 e. The van der Waals surface area contributed by atoms with Crippen LogP contribution in [-0.4, -0.2) is 35.7 Å². The van der Waals surface area contributed by atoms with Gasteiger partial charge in [-0.25, -0.2) is 0 Å². The van der Waals surface area contributed by atoms with Crippen LogP contribution in [0.4, 0.5) is 0 Å². The van der Waals surface area contributed by atoms with Crippen LogP contribution in [-0.2, 0) is 4.74 Å². The van der Waals surface area contributed by atoms with E-state index in [1.165, 1.54) is 42.3 Å². The van der Waals surface area contributed by atoms with Gasteiger partial charge in [0.05, 0.1) is 0 Å². The molecule has 1 saturated heterocycles. The molecule has 1 fully saturated rings. The van der Waals surface area contributed by atoms with Gasteiger partial charge in [0, 0.05) is 22.1 Å². The van der Waals surface area contributed by atoms with Crippen LogP contribution in [0.3, 0.4) is 0 Å². The molecule has 1 rings (SSSR count). The Bertz CT molecular complexity index is 124. The molecule has 0 radical (unpaired) electrons. The van der Waals surface area contributed by atoms with Crippen LogP contribution >= 0.6 is 0 Å². The van der Waals surface area contributed by atoms with E-state index in [9.17, 15) is 0 Å². The van der Waals surface area contributed by atoms with Crippen molar-refractivity contribution in [3.63, 3.8) is 0 Å². The Balaban J connectivity index is 2.17. The van der Waals surface area contributed by atoms with Crippen LogP contribution < -0.4 is 5.32 Å². The molecular formula is C9H21NOSi. The second-order valence-electron chi connectivity index (χ2n) is 3.96. The molecule has 72 valence electrons. The van der Waals surface area contributed by atoms with Crippen LogP contribution in [0.5, 0.6) is 0 Å². The Hall–Kier alpha value is 0.137. The van der Waals surface area contributed by atoms with E-state index in [1.807, 2.05) is 7.05 Å². The minimum absolute atomic E-state index is 0.328. The summed E-state index contributed by atoms with van der Waals surface area (Å²) < 4.78 is 5.85. The highest BCUT2D eigenvalue weighted by Crippen LogP contribution is 2.25. The standard InChI is InChI=1S/C9H21NOSi/c1-10-7-4-6-9(12)5-2-3-8-11-9/h10H,2-8H2,1,12H3. The van der Waals surface area contributed by atoms with Gasteiger partial charge in [0.2, 0.25) is 0 Å². The van der Waals surface area contributed by atoms with Crippen molar-refractivity contribution >= 4 is 10.2 Å². The van der Waals surface area contributed by atoms with E-state index in [4.69, 9.17) is 4.74 Å². The number of rotatable bonds is 4. The summed E-state index contributed by atoms with van der Waals surface area (Å²) >= 11 is 0. The van der Waals surface area contributed by atoms with Crippen molar-refractivity contribution in [3.8, 4) is 0 Å². The fourth-order valence-corrected chi connectivity index (χ4v) is 2.74. The molecule has 1 aliphatic heterocycles. The van der Waals surface area contributed by atoms with Crippen LogP contribution in [0.15, 0.2) is 0 Å². The van der Waals surface area contributed by atoms with Crippen LogP contribution in [0.25, 0.3) is 0 Å². The summed E-state index contributed by atoms with van der Waals surface area (Å²) in [6.45, 7) is 2.14. The molecular weight excluding hydrogens is 166 g/mol. The first-order valence-corrected chi connectivity index (χ1v) is 6.05. The zero-order valence-electron chi connectivity index (χ0n) is 8.36. The lowest BCUT2D eigenvalue weighted by Crippen LogP contribution is -2.37. The minimum atomic E-state index is 0.328. The third-order valence-electron chi connectivity index (χ3n) is 2.68. The normalized spacial score (nSPS) is 30.8. The van der Waals surface area contributed by atoms with Gasteiger partial charge in [0.15, 0.2) is 0 Å². The Labute approximate surface area is 78.5 Å². The second kappa shape index (κ2) is 4.99. The highest BCUT2D eigenvalue weighted by Gasteiger charge is 2.26. The van der Waals surface area contributed by atoms with Crippen molar-refractivity contribution in [1.29, 1.82) is 0 Å². The third kappa shape index (κ3) is 3.25. The minimum Gasteiger partial charge on any atom is -0.380 e. The average Bonchev–Trinajstić information content (AvgIpc) is 2.06. The maximum absolute atomic E-state index is 5.85.